The minimum absolute atomic E-state index is 0.0390. The van der Waals surface area contributed by atoms with Crippen LogP contribution in [-0.2, 0) is 4.79 Å². The number of hydrogen-bond acceptors (Lipinski definition) is 5. The van der Waals surface area contributed by atoms with Gasteiger partial charge in [0.25, 0.3) is 11.1 Å². The first kappa shape index (κ1) is 18.7. The van der Waals surface area contributed by atoms with Crippen LogP contribution in [0.15, 0.2) is 40.1 Å². The van der Waals surface area contributed by atoms with E-state index in [0.29, 0.717) is 17.0 Å². The van der Waals surface area contributed by atoms with Crippen molar-refractivity contribution in [1.29, 1.82) is 0 Å². The van der Waals surface area contributed by atoms with E-state index in [-0.39, 0.29) is 17.2 Å². The van der Waals surface area contributed by atoms with E-state index in [0.717, 1.165) is 28.3 Å². The summed E-state index contributed by atoms with van der Waals surface area (Å²) in [7, 11) is 0. The van der Waals surface area contributed by atoms with Crippen LogP contribution < -0.4 is 5.32 Å². The van der Waals surface area contributed by atoms with E-state index in [1.54, 1.807) is 0 Å². The van der Waals surface area contributed by atoms with Gasteiger partial charge >= 0.3 is 0 Å². The number of H-pyrrole nitrogens is 1. The topological polar surface area (TPSA) is 83.8 Å². The highest BCUT2D eigenvalue weighted by atomic mass is 32.2. The number of fused-ring (bicyclic) bond motifs is 3. The third-order valence-electron chi connectivity index (χ3n) is 6.68. The SMILES string of the molecule is C[C@H](NC(=O)[C@@H](C)Sc1nnc(-c2c[nH]c3ccccc23)o1)[C@@H]1C[C@@H]2CC[C@@H]1C2. The molecule has 1 amide bonds. The number of carbonyl (C=O) groups excluding carboxylic acids is 1. The molecule has 2 aliphatic rings. The summed E-state index contributed by atoms with van der Waals surface area (Å²) < 4.78 is 5.84. The van der Waals surface area contributed by atoms with E-state index in [2.05, 4.69) is 27.4 Å². The van der Waals surface area contributed by atoms with Crippen molar-refractivity contribution in [2.45, 2.75) is 56.0 Å². The third-order valence-corrected chi connectivity index (χ3v) is 7.61. The summed E-state index contributed by atoms with van der Waals surface area (Å²) in [6.45, 7) is 4.05. The lowest BCUT2D eigenvalue weighted by Crippen LogP contribution is -2.43. The van der Waals surface area contributed by atoms with Gasteiger partial charge in [0.15, 0.2) is 0 Å². The Hall–Kier alpha value is -2.28. The molecule has 0 radical (unpaired) electrons. The molecule has 0 spiro atoms. The van der Waals surface area contributed by atoms with Gasteiger partial charge in [0.05, 0.1) is 10.8 Å². The number of aromatic nitrogens is 3. The molecule has 6 nitrogen and oxygen atoms in total. The van der Waals surface area contributed by atoms with Crippen molar-refractivity contribution in [3.05, 3.63) is 30.5 Å². The van der Waals surface area contributed by atoms with E-state index >= 15 is 0 Å². The summed E-state index contributed by atoms with van der Waals surface area (Å²) >= 11 is 1.31. The number of aromatic amines is 1. The number of nitrogens with zero attached hydrogens (tertiary/aromatic N) is 2. The Bertz CT molecular complexity index is 1030. The van der Waals surface area contributed by atoms with Crippen LogP contribution in [0.4, 0.5) is 0 Å². The first-order valence-corrected chi connectivity index (χ1v) is 11.3. The van der Waals surface area contributed by atoms with Crippen molar-refractivity contribution in [2.75, 3.05) is 0 Å². The van der Waals surface area contributed by atoms with E-state index in [4.69, 9.17) is 4.42 Å². The van der Waals surface area contributed by atoms with Crippen LogP contribution in [-0.4, -0.2) is 32.4 Å². The zero-order valence-corrected chi connectivity index (χ0v) is 17.5. The molecule has 2 N–H and O–H groups in total. The molecule has 2 aliphatic carbocycles. The quantitative estimate of drug-likeness (QED) is 0.579. The Balaban J connectivity index is 1.22. The number of para-hydroxylation sites is 1. The van der Waals surface area contributed by atoms with Gasteiger partial charge in [-0.05, 0) is 56.9 Å². The molecule has 0 saturated heterocycles. The van der Waals surface area contributed by atoms with Crippen LogP contribution >= 0.6 is 11.8 Å². The van der Waals surface area contributed by atoms with Gasteiger partial charge in [-0.1, -0.05) is 36.4 Å². The molecular weight excluding hydrogens is 384 g/mol. The van der Waals surface area contributed by atoms with Crippen molar-refractivity contribution in [3.8, 4) is 11.5 Å². The van der Waals surface area contributed by atoms with Crippen molar-refractivity contribution in [2.24, 2.45) is 17.8 Å². The van der Waals surface area contributed by atoms with Crippen LogP contribution in [0.5, 0.6) is 0 Å². The third kappa shape index (κ3) is 3.56. The van der Waals surface area contributed by atoms with Crippen LogP contribution in [0.25, 0.3) is 22.4 Å². The summed E-state index contributed by atoms with van der Waals surface area (Å²) in [6, 6.07) is 8.22. The normalized spacial score (nSPS) is 25.4. The molecule has 7 heteroatoms. The molecule has 0 unspecified atom stereocenters. The second-order valence-corrected chi connectivity index (χ2v) is 9.81. The second kappa shape index (κ2) is 7.52. The van der Waals surface area contributed by atoms with E-state index < -0.39 is 0 Å². The van der Waals surface area contributed by atoms with Gasteiger partial charge in [-0.2, -0.15) is 0 Å². The Kier molecular flexibility index (Phi) is 4.86. The van der Waals surface area contributed by atoms with Gasteiger partial charge in [-0.25, -0.2) is 0 Å². The first-order chi connectivity index (χ1) is 14.1. The number of hydrogen-bond donors (Lipinski definition) is 2. The first-order valence-electron chi connectivity index (χ1n) is 10.5. The monoisotopic (exact) mass is 410 g/mol. The molecule has 2 bridgehead atoms. The molecule has 0 aliphatic heterocycles. The van der Waals surface area contributed by atoms with Gasteiger partial charge < -0.3 is 14.7 Å². The fraction of sp³-hybridized carbons (Fsp3) is 0.500. The van der Waals surface area contributed by atoms with Gasteiger partial charge in [0.1, 0.15) is 0 Å². The maximum Gasteiger partial charge on any atom is 0.277 e. The molecule has 5 rings (SSSR count). The van der Waals surface area contributed by atoms with Gasteiger partial charge in [0.2, 0.25) is 5.91 Å². The minimum Gasteiger partial charge on any atom is -0.411 e. The Morgan fingerprint density at radius 3 is 2.90 bits per heavy atom. The molecule has 5 atom stereocenters. The molecule has 2 saturated carbocycles. The maximum atomic E-state index is 12.7. The second-order valence-electron chi connectivity index (χ2n) is 8.52. The Morgan fingerprint density at radius 2 is 2.10 bits per heavy atom. The van der Waals surface area contributed by atoms with Gasteiger partial charge in [0, 0.05) is 23.1 Å². The van der Waals surface area contributed by atoms with E-state index in [1.165, 1.54) is 37.4 Å². The van der Waals surface area contributed by atoms with Crippen molar-refractivity contribution >= 4 is 28.6 Å². The van der Waals surface area contributed by atoms with E-state index in [9.17, 15) is 4.79 Å². The lowest BCUT2D eigenvalue weighted by Gasteiger charge is -2.29. The summed E-state index contributed by atoms with van der Waals surface area (Å²) in [5, 5.41) is 12.7. The molecule has 29 heavy (non-hydrogen) atoms. The number of rotatable bonds is 6. The molecule has 2 heterocycles. The predicted molar refractivity (Wildman–Crippen MR) is 113 cm³/mol. The average molecular weight is 411 g/mol. The zero-order valence-electron chi connectivity index (χ0n) is 16.7. The van der Waals surface area contributed by atoms with Crippen LogP contribution in [0.3, 0.4) is 0 Å². The predicted octanol–water partition coefficient (Wildman–Crippen LogP) is 4.64. The van der Waals surface area contributed by atoms with Gasteiger partial charge in [-0.15, -0.1) is 10.2 Å². The number of amides is 1. The maximum absolute atomic E-state index is 12.7. The Morgan fingerprint density at radius 1 is 1.24 bits per heavy atom. The van der Waals surface area contributed by atoms with Crippen molar-refractivity contribution in [1.82, 2.24) is 20.5 Å². The molecule has 1 aromatic carbocycles. The Labute approximate surface area is 174 Å². The molecule has 2 aromatic heterocycles. The number of benzene rings is 1. The zero-order chi connectivity index (χ0) is 20.0. The van der Waals surface area contributed by atoms with Gasteiger partial charge in [-0.3, -0.25) is 4.79 Å². The number of nitrogens with one attached hydrogen (secondary N) is 2. The molecular formula is C22H26N4O2S. The smallest absolute Gasteiger partial charge is 0.277 e. The number of thioether (sulfide) groups is 1. The summed E-state index contributed by atoms with van der Waals surface area (Å²) in [4.78, 5) is 15.9. The lowest BCUT2D eigenvalue weighted by molar-refractivity contribution is -0.121. The summed E-state index contributed by atoms with van der Waals surface area (Å²) in [5.41, 5.74) is 1.90. The highest BCUT2D eigenvalue weighted by Gasteiger charge is 2.42. The van der Waals surface area contributed by atoms with Crippen LogP contribution in [0.2, 0.25) is 0 Å². The summed E-state index contributed by atoms with van der Waals surface area (Å²) in [5.74, 6) is 2.82. The van der Waals surface area contributed by atoms with E-state index in [1.807, 2.05) is 37.4 Å². The molecule has 2 fully saturated rings. The highest BCUT2D eigenvalue weighted by molar-refractivity contribution is 8.00. The largest absolute Gasteiger partial charge is 0.411 e. The fourth-order valence-corrected chi connectivity index (χ4v) is 5.87. The van der Waals surface area contributed by atoms with Crippen molar-refractivity contribution < 1.29 is 9.21 Å². The van der Waals surface area contributed by atoms with Crippen molar-refractivity contribution in [3.63, 3.8) is 0 Å². The van der Waals surface area contributed by atoms with Crippen LogP contribution in [0, 0.1) is 17.8 Å². The van der Waals surface area contributed by atoms with Crippen LogP contribution in [0.1, 0.15) is 39.5 Å². The standard InChI is InChI=1S/C22H26N4O2S/c1-12(17-10-14-7-8-15(17)9-14)24-20(27)13(2)29-22-26-25-21(28-22)18-11-23-19-6-4-3-5-16(18)19/h3-6,11-15,17,23H,7-10H2,1-2H3,(H,24,27)/t12-,13+,14+,15+,17-/m0/s1. The fourth-order valence-electron chi connectivity index (χ4n) is 5.17. The molecule has 3 aromatic rings. The minimum atomic E-state index is -0.285. The highest BCUT2D eigenvalue weighted by Crippen LogP contribution is 2.49. The lowest BCUT2D eigenvalue weighted by atomic mass is 9.84. The molecule has 152 valence electrons. The average Bonchev–Trinajstić information content (AvgIpc) is 3.50. The summed E-state index contributed by atoms with van der Waals surface area (Å²) in [6.07, 6.45) is 7.21. The number of carbonyl (C=O) groups is 1.